The van der Waals surface area contributed by atoms with E-state index in [9.17, 15) is 39.2 Å². The summed E-state index contributed by atoms with van der Waals surface area (Å²) in [7, 11) is 0. The lowest BCUT2D eigenvalue weighted by atomic mass is 9.44. The van der Waals surface area contributed by atoms with E-state index in [0.717, 1.165) is 0 Å². The van der Waals surface area contributed by atoms with E-state index in [4.69, 9.17) is 28.4 Å². The van der Waals surface area contributed by atoms with Gasteiger partial charge in [0.1, 0.15) is 17.4 Å². The molecule has 17 nitrogen and oxygen atoms in total. The van der Waals surface area contributed by atoms with Crippen LogP contribution in [0, 0.1) is 32.8 Å². The number of esters is 1. The average molecular weight is 859 g/mol. The third kappa shape index (κ3) is 8.76. The van der Waals surface area contributed by atoms with Gasteiger partial charge in [-0.15, -0.1) is 10.1 Å². The second kappa shape index (κ2) is 16.7. The van der Waals surface area contributed by atoms with Gasteiger partial charge in [-0.3, -0.25) is 9.59 Å². The lowest BCUT2D eigenvalue weighted by Crippen LogP contribution is -2.70. The Labute approximate surface area is 352 Å². The molecule has 0 bridgehead atoms. The van der Waals surface area contributed by atoms with Gasteiger partial charge >= 0.3 is 18.2 Å². The van der Waals surface area contributed by atoms with E-state index in [1.807, 2.05) is 6.92 Å². The highest BCUT2D eigenvalue weighted by Gasteiger charge is 2.80. The first-order chi connectivity index (χ1) is 28.4. The molecule has 0 spiro atoms. The first kappa shape index (κ1) is 45.6. The van der Waals surface area contributed by atoms with Gasteiger partial charge in [-0.25, -0.2) is 18.8 Å². The molecule has 4 aliphatic carbocycles. The van der Waals surface area contributed by atoms with Crippen molar-refractivity contribution in [3.63, 3.8) is 0 Å². The molecule has 18 heteroatoms. The number of Topliss-reactive ketones (excluding diaryl/α,β-unsaturated/α-hetero) is 1. The second-order valence-corrected chi connectivity index (χ2v) is 18.4. The minimum absolute atomic E-state index is 0.0373. The van der Waals surface area contributed by atoms with Gasteiger partial charge in [-0.05, 0) is 116 Å². The molecular formula is C43H55FN2O15. The van der Waals surface area contributed by atoms with Crippen molar-refractivity contribution in [1.29, 1.82) is 0 Å². The number of nitrogens with one attached hydrogen (secondary N) is 1. The molecule has 1 aliphatic heterocycles. The van der Waals surface area contributed by atoms with Gasteiger partial charge in [0.25, 0.3) is 5.09 Å². The lowest BCUT2D eigenvalue weighted by Gasteiger charge is -2.62. The van der Waals surface area contributed by atoms with Gasteiger partial charge in [0.05, 0.1) is 25.4 Å². The smallest absolute Gasteiger partial charge is 0.464 e. The number of rotatable bonds is 14. The highest BCUT2D eigenvalue weighted by Crippen LogP contribution is 2.72. The first-order valence-electron chi connectivity index (χ1n) is 20.5. The molecular weight excluding hydrogens is 803 g/mol. The number of aliphatic hydroxyl groups excluding tert-OH is 1. The van der Waals surface area contributed by atoms with Gasteiger partial charge in [0.2, 0.25) is 5.78 Å². The summed E-state index contributed by atoms with van der Waals surface area (Å²) >= 11 is 0. The van der Waals surface area contributed by atoms with Crippen molar-refractivity contribution in [2.24, 2.45) is 22.7 Å². The Morgan fingerprint density at radius 1 is 1.05 bits per heavy atom. The van der Waals surface area contributed by atoms with Crippen LogP contribution in [-0.4, -0.2) is 101 Å². The summed E-state index contributed by atoms with van der Waals surface area (Å²) in [5, 5.41) is 23.7. The molecule has 2 unspecified atom stereocenters. The second-order valence-electron chi connectivity index (χ2n) is 18.4. The van der Waals surface area contributed by atoms with Gasteiger partial charge in [-0.2, -0.15) is 0 Å². The van der Waals surface area contributed by atoms with E-state index < -0.39 is 99.3 Å². The van der Waals surface area contributed by atoms with Gasteiger partial charge in [0.15, 0.2) is 29.4 Å². The van der Waals surface area contributed by atoms with Crippen LogP contribution in [0.2, 0.25) is 0 Å². The summed E-state index contributed by atoms with van der Waals surface area (Å²) in [5.41, 5.74) is -5.88. The summed E-state index contributed by atoms with van der Waals surface area (Å²) in [6.45, 7) is 10.8. The maximum Gasteiger partial charge on any atom is 0.514 e. The Hall–Kier alpha value is -4.94. The summed E-state index contributed by atoms with van der Waals surface area (Å²) in [4.78, 5) is 79.8. The normalized spacial score (nSPS) is 32.5. The minimum Gasteiger partial charge on any atom is -0.464 e. The van der Waals surface area contributed by atoms with Crippen LogP contribution in [0.25, 0.3) is 0 Å². The van der Waals surface area contributed by atoms with Gasteiger partial charge in [-0.1, -0.05) is 30.7 Å². The quantitative estimate of drug-likeness (QED) is 0.0579. The SMILES string of the molecule is CC(C)(C)OC(=O)N[C@@H](Cc1ccc(OC(=O)OCC(=O)[C@@]23OC(C)(C)O[C@@H]2CC2C4CCC5=CC(=O)C=C[C@]5(C)[C@@]4(F)[C@@H](O)C[C@@]23C)cc1)C(=O)OCCCCO[N+](=O)[O-]. The number of allylic oxidation sites excluding steroid dienone is 4. The third-order valence-electron chi connectivity index (χ3n) is 12.9. The number of hydrogen-bond donors (Lipinski definition) is 2. The van der Waals surface area contributed by atoms with E-state index in [1.165, 1.54) is 24.3 Å². The molecule has 4 fully saturated rings. The van der Waals surface area contributed by atoms with E-state index in [0.29, 0.717) is 24.0 Å². The van der Waals surface area contributed by atoms with Crippen LogP contribution in [-0.2, 0) is 49.3 Å². The van der Waals surface area contributed by atoms with E-state index in [1.54, 1.807) is 59.8 Å². The molecule has 9 atom stereocenters. The fraction of sp³-hybridized carbons (Fsp3) is 0.651. The first-order valence-corrected chi connectivity index (χ1v) is 20.5. The number of benzene rings is 1. The number of halogens is 1. The summed E-state index contributed by atoms with van der Waals surface area (Å²) < 4.78 is 51.9. The molecule has 1 amide bonds. The summed E-state index contributed by atoms with van der Waals surface area (Å²) in [5.74, 6) is -3.98. The van der Waals surface area contributed by atoms with Crippen LogP contribution in [0.5, 0.6) is 5.75 Å². The molecule has 0 aromatic heterocycles. The highest BCUT2D eigenvalue weighted by atomic mass is 19.1. The number of hydrogen-bond acceptors (Lipinski definition) is 15. The number of ketones is 2. The number of amides is 1. The Kier molecular flexibility index (Phi) is 12.5. The number of unbranched alkanes of at least 4 members (excludes halogenated alkanes) is 1. The molecule has 3 saturated carbocycles. The number of ether oxygens (including phenoxy) is 6. The number of aliphatic hydroxyl groups is 1. The zero-order valence-electron chi connectivity index (χ0n) is 35.5. The van der Waals surface area contributed by atoms with Crippen LogP contribution in [0.3, 0.4) is 0 Å². The molecule has 1 saturated heterocycles. The molecule has 334 valence electrons. The largest absolute Gasteiger partial charge is 0.514 e. The van der Waals surface area contributed by atoms with Gasteiger partial charge < -0.3 is 43.7 Å². The van der Waals surface area contributed by atoms with E-state index in [2.05, 4.69) is 10.2 Å². The average Bonchev–Trinajstić information content (AvgIpc) is 3.57. The van der Waals surface area contributed by atoms with Crippen molar-refractivity contribution in [1.82, 2.24) is 5.32 Å². The van der Waals surface area contributed by atoms with Crippen LogP contribution < -0.4 is 10.1 Å². The number of nitrogens with zero attached hydrogens (tertiary/aromatic N) is 1. The number of fused-ring (bicyclic) bond motifs is 7. The van der Waals surface area contributed by atoms with E-state index >= 15 is 4.39 Å². The maximum absolute atomic E-state index is 17.7. The number of alkyl carbamates (subject to hydrolysis) is 1. The molecule has 61 heavy (non-hydrogen) atoms. The highest BCUT2D eigenvalue weighted by molar-refractivity contribution is 6.01. The fourth-order valence-electron chi connectivity index (χ4n) is 10.4. The van der Waals surface area contributed by atoms with Crippen molar-refractivity contribution in [3.05, 3.63) is 63.7 Å². The molecule has 1 heterocycles. The molecule has 6 rings (SSSR count). The zero-order valence-corrected chi connectivity index (χ0v) is 35.5. The summed E-state index contributed by atoms with van der Waals surface area (Å²) in [6, 6.07) is 4.74. The van der Waals surface area contributed by atoms with E-state index in [-0.39, 0.29) is 56.9 Å². The number of carbonyl (C=O) groups is 5. The third-order valence-corrected chi connectivity index (χ3v) is 12.9. The fourth-order valence-corrected chi connectivity index (χ4v) is 10.4. The number of alkyl halides is 1. The van der Waals surface area contributed by atoms with Crippen molar-refractivity contribution < 1.29 is 71.8 Å². The minimum atomic E-state index is -2.13. The molecule has 1 aromatic carbocycles. The Balaban J connectivity index is 1.10. The Morgan fingerprint density at radius 2 is 1.74 bits per heavy atom. The van der Waals surface area contributed by atoms with Crippen molar-refractivity contribution >= 4 is 29.8 Å². The Bertz CT molecular complexity index is 1980. The maximum atomic E-state index is 17.7. The lowest BCUT2D eigenvalue weighted by molar-refractivity contribution is -0.757. The van der Waals surface area contributed by atoms with Crippen molar-refractivity contribution in [3.8, 4) is 5.75 Å². The van der Waals surface area contributed by atoms with Crippen molar-refractivity contribution in [2.75, 3.05) is 19.8 Å². The standard InChI is InChI=1S/C43H55FN2O15/c1-38(2,3)60-36(51)45-31(35(50)55-18-8-9-19-57-46(53)54)20-25-10-13-28(14-11-25)58-37(52)56-24-33(49)43-34(59-39(4,5)61-43)22-30-29-15-12-26-21-27(47)16-17-40(26,6)42(29,44)32(48)23-41(30,43)7/h10-11,13-14,16-17,21,29-32,34,48H,8-9,12,15,18-20,22-24H2,1-7H3,(H,45,51)/t29?,30?,31-,32-,34+,40-,41-,42-,43+/m0/s1. The van der Waals surface area contributed by atoms with Crippen LogP contribution in [0.15, 0.2) is 48.1 Å². The van der Waals surface area contributed by atoms with Crippen LogP contribution in [0.1, 0.15) is 92.6 Å². The summed E-state index contributed by atoms with van der Waals surface area (Å²) in [6.07, 6.45) is 1.33. The predicted octanol–water partition coefficient (Wildman–Crippen LogP) is 5.61. The monoisotopic (exact) mass is 858 g/mol. The number of carbonyl (C=O) groups excluding carboxylic acids is 5. The predicted molar refractivity (Wildman–Crippen MR) is 210 cm³/mol. The van der Waals surface area contributed by atoms with Crippen LogP contribution >= 0.6 is 0 Å². The molecule has 2 N–H and O–H groups in total. The molecule has 1 aromatic rings. The van der Waals surface area contributed by atoms with Gasteiger partial charge in [0, 0.05) is 23.2 Å². The van der Waals surface area contributed by atoms with Crippen LogP contribution in [0.4, 0.5) is 14.0 Å². The zero-order chi connectivity index (χ0) is 44.8. The molecule has 5 aliphatic rings. The Morgan fingerprint density at radius 3 is 2.41 bits per heavy atom. The molecule has 0 radical (unpaired) electrons. The topological polar surface area (TPSA) is 225 Å². The van der Waals surface area contributed by atoms with Crippen molar-refractivity contribution in [2.45, 2.75) is 134 Å².